The lowest BCUT2D eigenvalue weighted by Gasteiger charge is -2.08. The van der Waals surface area contributed by atoms with Crippen LogP contribution in [-0.4, -0.2) is 101 Å². The number of aromatic amines is 4. The number of H-pyrrole nitrogens is 4. The highest BCUT2D eigenvalue weighted by atomic mass is 35.5. The number of hydrogen-bond acceptors (Lipinski definition) is 12. The molecule has 20 nitrogen and oxygen atoms in total. The molecule has 0 aliphatic carbocycles. The van der Waals surface area contributed by atoms with Crippen LogP contribution in [0, 0.1) is 30.2 Å². The molecule has 16 aromatic rings. The molecule has 0 spiro atoms. The van der Waals surface area contributed by atoms with E-state index in [2.05, 4.69) is 153 Å². The molecule has 0 atom stereocenters. The van der Waals surface area contributed by atoms with E-state index in [0.29, 0.717) is 64.1 Å². The Morgan fingerprint density at radius 2 is 0.769 bits per heavy atom. The Labute approximate surface area is 523 Å². The van der Waals surface area contributed by atoms with Crippen LogP contribution in [0.15, 0.2) is 201 Å². The Bertz CT molecular complexity index is 4960. The highest BCUT2D eigenvalue weighted by Gasteiger charge is 2.14. The Kier molecular flexibility index (Phi) is 16.8. The number of fused-ring (bicyclic) bond motifs is 4. The number of nitrogens with zero attached hydrogens (tertiary/aromatic N) is 16. The molecule has 4 N–H and O–H groups in total. The maximum absolute atomic E-state index is 13.8. The monoisotopic (exact) mass is 1250 g/mol. The molecule has 16 rings (SSSR count). The zero-order valence-electron chi connectivity index (χ0n) is 47.8. The normalized spacial score (nSPS) is 11.2. The SMILES string of the molecule is Cc1cccc(Cn2ccc3cc(-c4nn[nH]n4)ccc32)c1.Clc1ccc(Cn2ccc3cc(-c4nn[nH]n4)ccc32)c(Cl)c1.Fc1cc(F)cc(Cn2ccc3cc(-c4nn[nH]n4)ccc32)c1.Fc1ccc(Cn2ccc3cc(-c4nn[nH]n4)ccc32)c(F)c1. The first-order valence-corrected chi connectivity index (χ1v) is 28.8. The van der Waals surface area contributed by atoms with Crippen molar-refractivity contribution in [3.05, 3.63) is 262 Å². The zero-order valence-corrected chi connectivity index (χ0v) is 49.3. The van der Waals surface area contributed by atoms with Gasteiger partial charge in [-0.2, -0.15) is 20.9 Å². The van der Waals surface area contributed by atoms with Gasteiger partial charge in [-0.15, -0.1) is 40.8 Å². The largest absolute Gasteiger partial charge is 0.343 e. The minimum absolute atomic E-state index is 0.331. The first-order valence-electron chi connectivity index (χ1n) is 28.1. The first-order chi connectivity index (χ1) is 44.4. The van der Waals surface area contributed by atoms with Gasteiger partial charge in [-0.3, -0.25) is 0 Å². The van der Waals surface area contributed by atoms with Crippen LogP contribution in [0.2, 0.25) is 10.0 Å². The van der Waals surface area contributed by atoms with E-state index in [9.17, 15) is 17.6 Å². The average Bonchev–Trinajstić information content (AvgIpc) is 2.09. The summed E-state index contributed by atoms with van der Waals surface area (Å²) in [5.74, 6) is -0.0276. The van der Waals surface area contributed by atoms with E-state index in [4.69, 9.17) is 23.2 Å². The van der Waals surface area contributed by atoms with Crippen LogP contribution >= 0.6 is 23.2 Å². The maximum Gasteiger partial charge on any atom is 0.204 e. The fourth-order valence-electron chi connectivity index (χ4n) is 10.6. The second kappa shape index (κ2) is 26.1. The summed E-state index contributed by atoms with van der Waals surface area (Å²) in [7, 11) is 0. The lowest BCUT2D eigenvalue weighted by molar-refractivity contribution is 0.567. The summed E-state index contributed by atoms with van der Waals surface area (Å²) in [6, 6.07) is 53.2. The lowest BCUT2D eigenvalue weighted by Crippen LogP contribution is -2.01. The number of aromatic nitrogens is 20. The van der Waals surface area contributed by atoms with Gasteiger partial charge in [0.05, 0.1) is 6.54 Å². The molecular formula is C65H48Cl2F4N20. The summed E-state index contributed by atoms with van der Waals surface area (Å²) in [5.41, 5.74) is 12.4. The minimum atomic E-state index is -0.576. The molecule has 8 aromatic carbocycles. The highest BCUT2D eigenvalue weighted by molar-refractivity contribution is 6.35. The summed E-state index contributed by atoms with van der Waals surface area (Å²) < 4.78 is 61.7. The van der Waals surface area contributed by atoms with Gasteiger partial charge in [-0.05, 0) is 172 Å². The van der Waals surface area contributed by atoms with Crippen LogP contribution in [0.5, 0.6) is 0 Å². The average molecular weight is 1260 g/mol. The molecule has 26 heteroatoms. The summed E-state index contributed by atoms with van der Waals surface area (Å²) in [5, 5.41) is 61.5. The second-order valence-electron chi connectivity index (χ2n) is 21.0. The Morgan fingerprint density at radius 1 is 0.363 bits per heavy atom. The van der Waals surface area contributed by atoms with E-state index < -0.39 is 23.3 Å². The molecule has 0 saturated carbocycles. The van der Waals surface area contributed by atoms with Crippen LogP contribution in [-0.2, 0) is 26.2 Å². The topological polar surface area (TPSA) is 238 Å². The molecule has 0 bridgehead atoms. The lowest BCUT2D eigenvalue weighted by atomic mass is 10.1. The maximum atomic E-state index is 13.8. The Hall–Kier alpha value is -11.5. The molecule has 91 heavy (non-hydrogen) atoms. The van der Waals surface area contributed by atoms with Gasteiger partial charge in [-0.1, -0.05) is 65.2 Å². The number of nitrogens with one attached hydrogen (secondary N) is 4. The molecule has 0 fully saturated rings. The van der Waals surface area contributed by atoms with Crippen molar-refractivity contribution in [2.45, 2.75) is 33.1 Å². The highest BCUT2D eigenvalue weighted by Crippen LogP contribution is 2.29. The third-order valence-electron chi connectivity index (χ3n) is 14.9. The molecule has 0 radical (unpaired) electrons. The number of aryl methyl sites for hydroxylation is 1. The van der Waals surface area contributed by atoms with Crippen molar-refractivity contribution < 1.29 is 17.6 Å². The van der Waals surface area contributed by atoms with Crippen LogP contribution in [0.4, 0.5) is 17.6 Å². The number of hydrogen-bond donors (Lipinski definition) is 4. The van der Waals surface area contributed by atoms with Gasteiger partial charge in [0.1, 0.15) is 23.3 Å². The number of benzene rings is 8. The predicted molar refractivity (Wildman–Crippen MR) is 337 cm³/mol. The van der Waals surface area contributed by atoms with Crippen molar-refractivity contribution in [3.63, 3.8) is 0 Å². The summed E-state index contributed by atoms with van der Waals surface area (Å²) >= 11 is 12.2. The van der Waals surface area contributed by atoms with E-state index in [1.165, 1.54) is 46.3 Å². The zero-order chi connectivity index (χ0) is 62.4. The molecule has 450 valence electrons. The van der Waals surface area contributed by atoms with E-state index >= 15 is 0 Å². The van der Waals surface area contributed by atoms with Gasteiger partial charge in [0.2, 0.25) is 23.3 Å². The van der Waals surface area contributed by atoms with Crippen molar-refractivity contribution in [3.8, 4) is 45.6 Å². The number of tetrazole rings is 4. The minimum Gasteiger partial charge on any atom is -0.343 e. The molecule has 0 aliphatic heterocycles. The van der Waals surface area contributed by atoms with Crippen molar-refractivity contribution in [1.29, 1.82) is 0 Å². The molecular weight excluding hydrogens is 1210 g/mol. The molecule has 8 heterocycles. The second-order valence-corrected chi connectivity index (χ2v) is 21.9. The van der Waals surface area contributed by atoms with Crippen molar-refractivity contribution in [1.82, 2.24) is 101 Å². The summed E-state index contributed by atoms with van der Waals surface area (Å²) in [6.45, 7) is 4.39. The van der Waals surface area contributed by atoms with Gasteiger partial charge >= 0.3 is 0 Å². The molecule has 0 saturated heterocycles. The third kappa shape index (κ3) is 13.5. The van der Waals surface area contributed by atoms with Crippen LogP contribution < -0.4 is 0 Å². The fraction of sp³-hybridized carbons (Fsp3) is 0.0769. The van der Waals surface area contributed by atoms with E-state index in [0.717, 1.165) is 79.2 Å². The number of halogens is 6. The molecule has 0 aliphatic rings. The number of rotatable bonds is 12. The predicted octanol–water partition coefficient (Wildman–Crippen LogP) is 13.7. The Balaban J connectivity index is 0.000000111. The van der Waals surface area contributed by atoms with Crippen molar-refractivity contribution in [2.24, 2.45) is 0 Å². The molecule has 0 amide bonds. The summed E-state index contributed by atoms with van der Waals surface area (Å²) in [4.78, 5) is 0. The summed E-state index contributed by atoms with van der Waals surface area (Å²) in [6.07, 6.45) is 7.91. The van der Waals surface area contributed by atoms with Gasteiger partial charge in [0, 0.05) is 138 Å². The van der Waals surface area contributed by atoms with Gasteiger partial charge < -0.3 is 18.3 Å². The standard InChI is InChI=1S/C17H15N5.C16H11Cl2N5.2C16H11F2N5/c1-12-3-2-4-13(9-12)11-22-8-7-14-10-15(5-6-16(14)22)17-18-20-21-19-17;2*17-13-3-1-12(14(18)8-13)9-23-6-5-10-7-11(2-4-15(10)23)16-19-21-22-20-16;17-13-5-10(6-14(18)8-13)9-23-4-3-11-7-12(1-2-15(11)23)16-19-21-22-20-16/h2-10H,11H2,1H3,(H,18,19,20,21);3*1-8H,9H2,(H,19,20,21,22). The smallest absolute Gasteiger partial charge is 0.204 e. The van der Waals surface area contributed by atoms with Gasteiger partial charge in [0.25, 0.3) is 0 Å². The van der Waals surface area contributed by atoms with E-state index in [1.807, 2.05) is 113 Å². The van der Waals surface area contributed by atoms with Gasteiger partial charge in [-0.25, -0.2) is 17.6 Å². The van der Waals surface area contributed by atoms with Crippen LogP contribution in [0.25, 0.3) is 89.2 Å². The van der Waals surface area contributed by atoms with E-state index in [-0.39, 0.29) is 0 Å². The third-order valence-corrected chi connectivity index (χ3v) is 15.5. The van der Waals surface area contributed by atoms with Gasteiger partial charge in [0.15, 0.2) is 0 Å². The molecule has 0 unspecified atom stereocenters. The van der Waals surface area contributed by atoms with Crippen molar-refractivity contribution in [2.75, 3.05) is 0 Å². The van der Waals surface area contributed by atoms with Crippen LogP contribution in [0.3, 0.4) is 0 Å². The first kappa shape index (κ1) is 58.5. The molecule has 8 aromatic heterocycles. The van der Waals surface area contributed by atoms with Crippen molar-refractivity contribution >= 4 is 66.8 Å². The van der Waals surface area contributed by atoms with E-state index in [1.54, 1.807) is 6.07 Å². The van der Waals surface area contributed by atoms with Crippen LogP contribution in [0.1, 0.15) is 27.8 Å². The fourth-order valence-corrected chi connectivity index (χ4v) is 11.1. The quantitative estimate of drug-likeness (QED) is 0.0836. The Morgan fingerprint density at radius 3 is 1.16 bits per heavy atom.